The number of hydrogen-bond donors (Lipinski definition) is 0. The molecule has 0 aliphatic heterocycles. The van der Waals surface area contributed by atoms with Crippen LogP contribution in [-0.4, -0.2) is 4.98 Å². The van der Waals surface area contributed by atoms with Crippen LogP contribution in [0.4, 0.5) is 13.2 Å². The number of nitrogens with zero attached hydrogens (tertiary/aromatic N) is 1. The summed E-state index contributed by atoms with van der Waals surface area (Å²) < 4.78 is 39.4. The molecule has 0 atom stereocenters. The van der Waals surface area contributed by atoms with Crippen molar-refractivity contribution in [2.24, 2.45) is 0 Å². The molecule has 18 heavy (non-hydrogen) atoms. The van der Waals surface area contributed by atoms with E-state index >= 15 is 0 Å². The molecule has 0 amide bonds. The largest absolute Gasteiger partial charge is 0.228 e. The topological polar surface area (TPSA) is 12.9 Å². The first-order valence-electron chi connectivity index (χ1n) is 5.65. The molecule has 4 heteroatoms. The van der Waals surface area contributed by atoms with E-state index in [2.05, 4.69) is 4.98 Å². The maximum Gasteiger partial charge on any atom is 0.212 e. The highest BCUT2D eigenvalue weighted by Crippen LogP contribution is 2.24. The molecule has 0 unspecified atom stereocenters. The van der Waals surface area contributed by atoms with Crippen molar-refractivity contribution in [1.29, 1.82) is 0 Å². The van der Waals surface area contributed by atoms with Gasteiger partial charge in [-0.2, -0.15) is 4.39 Å². The van der Waals surface area contributed by atoms with Crippen molar-refractivity contribution in [3.63, 3.8) is 0 Å². The zero-order valence-electron chi connectivity index (χ0n) is 10.5. The van der Waals surface area contributed by atoms with Crippen LogP contribution in [0.1, 0.15) is 19.4 Å². The molecule has 0 N–H and O–H groups in total. The quantitative estimate of drug-likeness (QED) is 0.682. The van der Waals surface area contributed by atoms with E-state index in [1.807, 2.05) is 13.8 Å². The molecular weight excluding hydrogens is 239 g/mol. The lowest BCUT2D eigenvalue weighted by molar-refractivity contribution is 0.583. The summed E-state index contributed by atoms with van der Waals surface area (Å²) >= 11 is 0. The van der Waals surface area contributed by atoms with Gasteiger partial charge >= 0.3 is 0 Å². The van der Waals surface area contributed by atoms with Gasteiger partial charge in [-0.25, -0.2) is 13.8 Å². The van der Waals surface area contributed by atoms with Gasteiger partial charge in [0.05, 0.1) is 0 Å². The van der Waals surface area contributed by atoms with Gasteiger partial charge in [0.2, 0.25) is 5.95 Å². The number of aryl methyl sites for hydroxylation is 1. The maximum atomic E-state index is 13.5. The third kappa shape index (κ3) is 3.09. The van der Waals surface area contributed by atoms with Gasteiger partial charge in [0, 0.05) is 17.3 Å². The monoisotopic (exact) mass is 253 g/mol. The van der Waals surface area contributed by atoms with E-state index in [-0.39, 0.29) is 11.1 Å². The van der Waals surface area contributed by atoms with E-state index in [0.29, 0.717) is 5.56 Å². The zero-order chi connectivity index (χ0) is 13.7. The minimum Gasteiger partial charge on any atom is -0.228 e. The summed E-state index contributed by atoms with van der Waals surface area (Å²) in [7, 11) is 0. The number of halogens is 3. The number of rotatable bonds is 1. The molecule has 0 spiro atoms. The van der Waals surface area contributed by atoms with Crippen LogP contribution in [0.15, 0.2) is 30.5 Å². The van der Waals surface area contributed by atoms with E-state index in [4.69, 9.17) is 0 Å². The minimum atomic E-state index is -0.656. The van der Waals surface area contributed by atoms with Crippen LogP contribution in [0.5, 0.6) is 0 Å². The molecule has 96 valence electrons. The van der Waals surface area contributed by atoms with Crippen molar-refractivity contribution in [1.82, 2.24) is 4.98 Å². The normalized spacial score (nSPS) is 9.67. The average molecular weight is 253 g/mol. The Balaban J connectivity index is 0.000000771. The molecule has 0 radical (unpaired) electrons. The molecule has 1 aromatic carbocycles. The Kier molecular flexibility index (Phi) is 4.89. The van der Waals surface area contributed by atoms with E-state index in [0.717, 1.165) is 18.2 Å². The third-order valence-corrected chi connectivity index (χ3v) is 2.29. The highest BCUT2D eigenvalue weighted by molar-refractivity contribution is 5.63. The Morgan fingerprint density at radius 2 is 1.61 bits per heavy atom. The van der Waals surface area contributed by atoms with Crippen LogP contribution >= 0.6 is 0 Å². The molecule has 2 rings (SSSR count). The lowest BCUT2D eigenvalue weighted by atomic mass is 10.0. The average Bonchev–Trinajstić information content (AvgIpc) is 2.37. The van der Waals surface area contributed by atoms with Crippen LogP contribution in [0, 0.1) is 24.5 Å². The second-order valence-electron chi connectivity index (χ2n) is 3.45. The van der Waals surface area contributed by atoms with Crippen molar-refractivity contribution in [2.75, 3.05) is 0 Å². The van der Waals surface area contributed by atoms with Crippen LogP contribution in [0.25, 0.3) is 11.1 Å². The molecule has 0 bridgehead atoms. The standard InChI is InChI=1S/C12H8F3N.C2H6/c1-7-4-11(14)9(5-10(7)13)8-2-3-12(15)16-6-8;1-2/h2-6H,1H3;1-2H3. The van der Waals surface area contributed by atoms with Gasteiger partial charge in [0.15, 0.2) is 0 Å². The molecule has 0 aliphatic carbocycles. The fourth-order valence-corrected chi connectivity index (χ4v) is 1.40. The number of aromatic nitrogens is 1. The van der Waals surface area contributed by atoms with Gasteiger partial charge in [-0.15, -0.1) is 0 Å². The van der Waals surface area contributed by atoms with Crippen molar-refractivity contribution in [3.8, 4) is 11.1 Å². The third-order valence-electron chi connectivity index (χ3n) is 2.29. The van der Waals surface area contributed by atoms with Crippen LogP contribution in [0.2, 0.25) is 0 Å². The molecule has 0 saturated carbocycles. The number of hydrogen-bond acceptors (Lipinski definition) is 1. The van der Waals surface area contributed by atoms with E-state index in [1.165, 1.54) is 19.2 Å². The summed E-state index contributed by atoms with van der Waals surface area (Å²) in [4.78, 5) is 3.39. The minimum absolute atomic E-state index is 0.0793. The smallest absolute Gasteiger partial charge is 0.212 e. The summed E-state index contributed by atoms with van der Waals surface area (Å²) in [5.41, 5.74) is 0.657. The number of benzene rings is 1. The van der Waals surface area contributed by atoms with Crippen LogP contribution < -0.4 is 0 Å². The van der Waals surface area contributed by atoms with E-state index in [9.17, 15) is 13.2 Å². The Morgan fingerprint density at radius 1 is 0.944 bits per heavy atom. The van der Waals surface area contributed by atoms with Gasteiger partial charge in [-0.05, 0) is 36.8 Å². The SMILES string of the molecule is CC.Cc1cc(F)c(-c2ccc(F)nc2)cc1F. The Hall–Kier alpha value is -1.84. The molecule has 1 aromatic heterocycles. The lowest BCUT2D eigenvalue weighted by Gasteiger charge is -2.05. The fourth-order valence-electron chi connectivity index (χ4n) is 1.40. The van der Waals surface area contributed by atoms with Gasteiger partial charge in [-0.1, -0.05) is 13.8 Å². The lowest BCUT2D eigenvalue weighted by Crippen LogP contribution is -1.91. The van der Waals surface area contributed by atoms with E-state index < -0.39 is 17.6 Å². The zero-order valence-corrected chi connectivity index (χ0v) is 10.5. The van der Waals surface area contributed by atoms with Gasteiger partial charge in [-0.3, -0.25) is 0 Å². The Labute approximate surface area is 104 Å². The summed E-state index contributed by atoms with van der Waals surface area (Å²) in [6.07, 6.45) is 1.17. The molecular formula is C14H14F3N. The predicted octanol–water partition coefficient (Wildman–Crippen LogP) is 4.50. The predicted molar refractivity (Wildman–Crippen MR) is 65.6 cm³/mol. The fraction of sp³-hybridized carbons (Fsp3) is 0.214. The Morgan fingerprint density at radius 3 is 2.17 bits per heavy atom. The highest BCUT2D eigenvalue weighted by atomic mass is 19.1. The van der Waals surface area contributed by atoms with Crippen molar-refractivity contribution < 1.29 is 13.2 Å². The second kappa shape index (κ2) is 6.19. The number of pyridine rings is 1. The molecule has 1 nitrogen and oxygen atoms in total. The summed E-state index contributed by atoms with van der Waals surface area (Å²) in [5, 5.41) is 0. The molecule has 1 heterocycles. The first-order valence-corrected chi connectivity index (χ1v) is 5.65. The molecule has 0 saturated heterocycles. The van der Waals surface area contributed by atoms with E-state index in [1.54, 1.807) is 0 Å². The summed E-state index contributed by atoms with van der Waals surface area (Å²) in [6.45, 7) is 5.48. The summed E-state index contributed by atoms with van der Waals surface area (Å²) in [6, 6.07) is 4.65. The first-order chi connectivity index (χ1) is 8.58. The maximum absolute atomic E-state index is 13.5. The molecule has 0 aliphatic rings. The van der Waals surface area contributed by atoms with Crippen LogP contribution in [0.3, 0.4) is 0 Å². The molecule has 2 aromatic rings. The van der Waals surface area contributed by atoms with Gasteiger partial charge in [0.25, 0.3) is 0 Å². The Bertz CT molecular complexity index is 521. The second-order valence-corrected chi connectivity index (χ2v) is 3.45. The summed E-state index contributed by atoms with van der Waals surface area (Å²) in [5.74, 6) is -1.70. The van der Waals surface area contributed by atoms with Gasteiger partial charge < -0.3 is 0 Å². The van der Waals surface area contributed by atoms with Crippen molar-refractivity contribution >= 4 is 0 Å². The van der Waals surface area contributed by atoms with Crippen molar-refractivity contribution in [3.05, 3.63) is 53.6 Å². The molecule has 0 fully saturated rings. The van der Waals surface area contributed by atoms with Crippen molar-refractivity contribution in [2.45, 2.75) is 20.8 Å². The van der Waals surface area contributed by atoms with Crippen LogP contribution in [-0.2, 0) is 0 Å². The van der Waals surface area contributed by atoms with Gasteiger partial charge in [0.1, 0.15) is 11.6 Å². The first kappa shape index (κ1) is 14.2. The highest BCUT2D eigenvalue weighted by Gasteiger charge is 2.09.